The number of rotatable bonds is 7. The van der Waals surface area contributed by atoms with Crippen molar-refractivity contribution in [3.8, 4) is 5.75 Å². The van der Waals surface area contributed by atoms with E-state index in [1.165, 1.54) is 12.1 Å². The van der Waals surface area contributed by atoms with E-state index < -0.39 is 4.92 Å². The number of hydrogen-bond acceptors (Lipinski definition) is 4. The molecule has 20 heavy (non-hydrogen) atoms. The van der Waals surface area contributed by atoms with Gasteiger partial charge in [0.05, 0.1) is 17.1 Å². The number of alkyl halides is 1. The van der Waals surface area contributed by atoms with Crippen LogP contribution in [0.25, 0.3) is 0 Å². The third-order valence-electron chi connectivity index (χ3n) is 2.73. The summed E-state index contributed by atoms with van der Waals surface area (Å²) in [7, 11) is 0. The van der Waals surface area contributed by atoms with Gasteiger partial charge in [-0.25, -0.2) is 0 Å². The van der Waals surface area contributed by atoms with Gasteiger partial charge in [0, 0.05) is 24.5 Å². The molecule has 0 fully saturated rings. The lowest BCUT2D eigenvalue weighted by atomic mass is 10.1. The quantitative estimate of drug-likeness (QED) is 0.433. The summed E-state index contributed by atoms with van der Waals surface area (Å²) in [6.45, 7) is 4.90. The monoisotopic (exact) mass is 344 g/mol. The number of nitro benzene ring substituents is 1. The molecule has 1 amide bonds. The van der Waals surface area contributed by atoms with Gasteiger partial charge in [-0.2, -0.15) is 0 Å². The first kappa shape index (κ1) is 16.4. The van der Waals surface area contributed by atoms with Crippen LogP contribution in [0.5, 0.6) is 5.75 Å². The van der Waals surface area contributed by atoms with E-state index in [0.29, 0.717) is 18.4 Å². The molecule has 0 saturated heterocycles. The Morgan fingerprint density at radius 3 is 2.65 bits per heavy atom. The zero-order valence-corrected chi connectivity index (χ0v) is 13.1. The van der Waals surface area contributed by atoms with Gasteiger partial charge < -0.3 is 9.64 Å². The zero-order valence-electron chi connectivity index (χ0n) is 11.5. The molecule has 1 rings (SSSR count). The molecule has 0 spiro atoms. The van der Waals surface area contributed by atoms with E-state index in [2.05, 4.69) is 15.9 Å². The van der Waals surface area contributed by atoms with Crippen LogP contribution in [0.15, 0.2) is 18.2 Å². The van der Waals surface area contributed by atoms with Gasteiger partial charge in [-0.05, 0) is 19.9 Å². The lowest BCUT2D eigenvalue weighted by Gasteiger charge is -2.21. The highest BCUT2D eigenvalue weighted by Crippen LogP contribution is 2.31. The number of halogens is 1. The normalized spacial score (nSPS) is 10.2. The van der Waals surface area contributed by atoms with Crippen LogP contribution in [-0.2, 0) is 0 Å². The minimum Gasteiger partial charge on any atom is -0.487 e. The topological polar surface area (TPSA) is 72.7 Å². The van der Waals surface area contributed by atoms with Gasteiger partial charge in [-0.1, -0.05) is 22.0 Å². The van der Waals surface area contributed by atoms with Crippen molar-refractivity contribution in [1.29, 1.82) is 0 Å². The summed E-state index contributed by atoms with van der Waals surface area (Å²) in [6, 6.07) is 4.38. The van der Waals surface area contributed by atoms with Crippen LogP contribution < -0.4 is 4.74 Å². The van der Waals surface area contributed by atoms with E-state index in [9.17, 15) is 14.9 Å². The minimum absolute atomic E-state index is 0.0398. The van der Waals surface area contributed by atoms with Gasteiger partial charge in [-0.15, -0.1) is 0 Å². The molecule has 1 aromatic rings. The predicted molar refractivity (Wildman–Crippen MR) is 79.6 cm³/mol. The van der Waals surface area contributed by atoms with Crippen molar-refractivity contribution in [2.24, 2.45) is 0 Å². The molecular weight excluding hydrogens is 328 g/mol. The second-order valence-electron chi connectivity index (χ2n) is 3.92. The smallest absolute Gasteiger partial charge is 0.311 e. The molecule has 110 valence electrons. The largest absolute Gasteiger partial charge is 0.487 e. The van der Waals surface area contributed by atoms with Gasteiger partial charge in [0.2, 0.25) is 5.75 Å². The van der Waals surface area contributed by atoms with E-state index in [1.54, 1.807) is 17.9 Å². The molecule has 7 heteroatoms. The average Bonchev–Trinajstić information content (AvgIpc) is 2.44. The summed E-state index contributed by atoms with van der Waals surface area (Å²) in [6.07, 6.45) is 0. The van der Waals surface area contributed by atoms with Crippen LogP contribution in [0.1, 0.15) is 24.2 Å². The van der Waals surface area contributed by atoms with Crippen molar-refractivity contribution in [3.05, 3.63) is 33.9 Å². The summed E-state index contributed by atoms with van der Waals surface area (Å²) < 4.78 is 5.32. The SMILES string of the molecule is CCOc1c(C(=O)N(CC)CCBr)cccc1[N+](=O)[O-]. The first-order chi connectivity index (χ1) is 9.56. The number of benzene rings is 1. The Morgan fingerprint density at radius 1 is 1.45 bits per heavy atom. The molecule has 0 aromatic heterocycles. The molecule has 1 aromatic carbocycles. The molecule has 0 unspecified atom stereocenters. The van der Waals surface area contributed by atoms with Gasteiger partial charge >= 0.3 is 5.69 Å². The number of amides is 1. The maximum Gasteiger partial charge on any atom is 0.311 e. The fraction of sp³-hybridized carbons (Fsp3) is 0.462. The Kier molecular flexibility index (Phi) is 6.44. The summed E-state index contributed by atoms with van der Waals surface area (Å²) in [5, 5.41) is 11.7. The number of nitro groups is 1. The van der Waals surface area contributed by atoms with E-state index in [4.69, 9.17) is 4.74 Å². The molecule has 0 aliphatic rings. The highest BCUT2D eigenvalue weighted by Gasteiger charge is 2.25. The number of carbonyl (C=O) groups is 1. The van der Waals surface area contributed by atoms with Crippen LogP contribution in [0.3, 0.4) is 0 Å². The summed E-state index contributed by atoms with van der Waals surface area (Å²) >= 11 is 3.29. The lowest BCUT2D eigenvalue weighted by Crippen LogP contribution is -2.32. The summed E-state index contributed by atoms with van der Waals surface area (Å²) in [5.74, 6) is -0.225. The van der Waals surface area contributed by atoms with Crippen molar-refractivity contribution in [1.82, 2.24) is 4.90 Å². The molecule has 0 aliphatic heterocycles. The third-order valence-corrected chi connectivity index (χ3v) is 3.09. The molecule has 6 nitrogen and oxygen atoms in total. The van der Waals surface area contributed by atoms with Crippen molar-refractivity contribution >= 4 is 27.5 Å². The molecule has 0 radical (unpaired) electrons. The standard InChI is InChI=1S/C13H17BrN2O4/c1-3-15(9-8-14)13(17)10-6-5-7-11(16(18)19)12(10)20-4-2/h5-7H,3-4,8-9H2,1-2H3. The molecule has 0 atom stereocenters. The molecule has 0 N–H and O–H groups in total. The fourth-order valence-corrected chi connectivity index (χ4v) is 2.24. The van der Waals surface area contributed by atoms with Crippen molar-refractivity contribution in [3.63, 3.8) is 0 Å². The van der Waals surface area contributed by atoms with Crippen LogP contribution in [0, 0.1) is 10.1 Å². The first-order valence-electron chi connectivity index (χ1n) is 6.32. The van der Waals surface area contributed by atoms with E-state index >= 15 is 0 Å². The van der Waals surface area contributed by atoms with Crippen molar-refractivity contribution < 1.29 is 14.5 Å². The van der Waals surface area contributed by atoms with Crippen LogP contribution in [0.2, 0.25) is 0 Å². The second kappa shape index (κ2) is 7.84. The summed E-state index contributed by atoms with van der Waals surface area (Å²) in [4.78, 5) is 24.5. The fourth-order valence-electron chi connectivity index (χ4n) is 1.81. The predicted octanol–water partition coefficient (Wildman–Crippen LogP) is 2.85. The second-order valence-corrected chi connectivity index (χ2v) is 4.71. The van der Waals surface area contributed by atoms with Gasteiger partial charge in [-0.3, -0.25) is 14.9 Å². The molecule has 0 aliphatic carbocycles. The van der Waals surface area contributed by atoms with Gasteiger partial charge in [0.1, 0.15) is 0 Å². The number of carbonyl (C=O) groups excluding carboxylic acids is 1. The average molecular weight is 345 g/mol. The molecule has 0 heterocycles. The number of hydrogen-bond donors (Lipinski definition) is 0. The number of ether oxygens (including phenoxy) is 1. The van der Waals surface area contributed by atoms with Gasteiger partial charge in [0.15, 0.2) is 0 Å². The van der Waals surface area contributed by atoms with Gasteiger partial charge in [0.25, 0.3) is 5.91 Å². The highest BCUT2D eigenvalue weighted by molar-refractivity contribution is 9.09. The maximum absolute atomic E-state index is 12.4. The zero-order chi connectivity index (χ0) is 15.1. The van der Waals surface area contributed by atoms with E-state index in [-0.39, 0.29) is 29.5 Å². The van der Waals surface area contributed by atoms with Crippen LogP contribution >= 0.6 is 15.9 Å². The Balaban J connectivity index is 3.25. The van der Waals surface area contributed by atoms with E-state index in [0.717, 1.165) is 0 Å². The van der Waals surface area contributed by atoms with E-state index in [1.807, 2.05) is 6.92 Å². The molecule has 0 bridgehead atoms. The van der Waals surface area contributed by atoms with Crippen LogP contribution in [-0.4, -0.2) is 40.8 Å². The first-order valence-corrected chi connectivity index (χ1v) is 7.44. The van der Waals surface area contributed by atoms with Crippen molar-refractivity contribution in [2.45, 2.75) is 13.8 Å². The number of nitrogens with zero attached hydrogens (tertiary/aromatic N) is 2. The highest BCUT2D eigenvalue weighted by atomic mass is 79.9. The minimum atomic E-state index is -0.539. The van der Waals surface area contributed by atoms with Crippen LogP contribution in [0.4, 0.5) is 5.69 Å². The Labute approximate surface area is 126 Å². The Hall–Kier alpha value is -1.63. The van der Waals surface area contributed by atoms with Crippen molar-refractivity contribution in [2.75, 3.05) is 25.0 Å². The summed E-state index contributed by atoms with van der Waals surface area (Å²) in [5.41, 5.74) is 0.0384. The Bertz CT molecular complexity index is 493. The third kappa shape index (κ3) is 3.69. The maximum atomic E-state index is 12.4. The molecule has 0 saturated carbocycles. The number of para-hydroxylation sites is 1. The molecular formula is C13H17BrN2O4. The Morgan fingerprint density at radius 2 is 2.15 bits per heavy atom. The lowest BCUT2D eigenvalue weighted by molar-refractivity contribution is -0.385.